The first kappa shape index (κ1) is 24.0. The lowest BCUT2D eigenvalue weighted by atomic mass is 9.92. The molecule has 3 atom stereocenters. The van der Waals surface area contributed by atoms with Gasteiger partial charge in [-0.15, -0.1) is 0 Å². The normalized spacial score (nSPS) is 20.2. The summed E-state index contributed by atoms with van der Waals surface area (Å²) < 4.78 is 31.1. The summed E-state index contributed by atoms with van der Waals surface area (Å²) in [5.74, 6) is -1.19. The molecule has 0 spiro atoms. The number of hydrogen-bond donors (Lipinski definition) is 4. The molecule has 1 aliphatic rings. The molecule has 4 heterocycles. The molecule has 11 heteroatoms. The molecular weight excluding hydrogens is 468 g/mol. The van der Waals surface area contributed by atoms with Crippen molar-refractivity contribution in [3.63, 3.8) is 0 Å². The van der Waals surface area contributed by atoms with E-state index >= 15 is 0 Å². The molecule has 0 amide bonds. The monoisotopic (exact) mass is 495 g/mol. The fourth-order valence-corrected chi connectivity index (χ4v) is 4.64. The summed E-state index contributed by atoms with van der Waals surface area (Å²) in [7, 11) is 0. The first-order chi connectivity index (χ1) is 17.4. The van der Waals surface area contributed by atoms with E-state index in [9.17, 15) is 13.9 Å². The first-order valence-corrected chi connectivity index (χ1v) is 11.7. The van der Waals surface area contributed by atoms with Crippen molar-refractivity contribution < 1.29 is 19.0 Å². The van der Waals surface area contributed by atoms with Crippen molar-refractivity contribution in [2.75, 3.05) is 29.9 Å². The van der Waals surface area contributed by atoms with E-state index in [1.165, 1.54) is 22.7 Å². The molecule has 1 aromatic carbocycles. The number of imidazole rings is 1. The minimum Gasteiger partial charge on any atom is -0.396 e. The number of aliphatic hydroxyl groups is 2. The zero-order valence-corrected chi connectivity index (χ0v) is 19.6. The fourth-order valence-electron chi connectivity index (χ4n) is 4.64. The van der Waals surface area contributed by atoms with E-state index in [2.05, 4.69) is 25.3 Å². The minimum absolute atomic E-state index is 0.0141. The van der Waals surface area contributed by atoms with E-state index in [1.54, 1.807) is 24.7 Å². The van der Waals surface area contributed by atoms with Crippen LogP contribution in [0, 0.1) is 17.6 Å². The Morgan fingerprint density at radius 2 is 1.92 bits per heavy atom. The number of anilines is 3. The number of aliphatic hydroxyl groups excluding tert-OH is 2. The van der Waals surface area contributed by atoms with E-state index in [-0.39, 0.29) is 36.2 Å². The third-order valence-corrected chi connectivity index (χ3v) is 6.49. The van der Waals surface area contributed by atoms with Crippen LogP contribution in [0.4, 0.5) is 26.1 Å². The molecule has 1 aliphatic heterocycles. The molecule has 5 N–H and O–H groups in total. The number of piperidine rings is 1. The van der Waals surface area contributed by atoms with Crippen molar-refractivity contribution in [2.24, 2.45) is 11.7 Å². The Morgan fingerprint density at radius 1 is 1.14 bits per heavy atom. The Morgan fingerprint density at radius 3 is 2.64 bits per heavy atom. The van der Waals surface area contributed by atoms with Crippen LogP contribution >= 0.6 is 0 Å². The zero-order valence-electron chi connectivity index (χ0n) is 19.6. The SMILES string of the molecule is CC1CN(c2ccncc2Nc2ncc3ccc(-c4c(F)cc(CCO)cc4F)nn23)CC(N)C1O. The van der Waals surface area contributed by atoms with Crippen molar-refractivity contribution in [1.82, 2.24) is 19.6 Å². The number of rotatable bonds is 6. The fraction of sp³-hybridized carbons (Fsp3) is 0.320. The molecule has 4 aromatic rings. The van der Waals surface area contributed by atoms with Crippen LogP contribution in [0.5, 0.6) is 0 Å². The summed E-state index contributed by atoms with van der Waals surface area (Å²) in [4.78, 5) is 10.7. The zero-order chi connectivity index (χ0) is 25.4. The van der Waals surface area contributed by atoms with Crippen LogP contribution in [-0.2, 0) is 6.42 Å². The second-order valence-corrected chi connectivity index (χ2v) is 9.10. The summed E-state index contributed by atoms with van der Waals surface area (Å²) in [6, 6.07) is 7.09. The quantitative estimate of drug-likeness (QED) is 0.322. The van der Waals surface area contributed by atoms with Crippen LogP contribution in [0.1, 0.15) is 12.5 Å². The highest BCUT2D eigenvalue weighted by Crippen LogP contribution is 2.32. The molecule has 5 rings (SSSR count). The van der Waals surface area contributed by atoms with E-state index < -0.39 is 17.7 Å². The number of halogens is 2. The Bertz CT molecular complexity index is 1360. The van der Waals surface area contributed by atoms with Gasteiger partial charge in [0.2, 0.25) is 5.95 Å². The maximum absolute atomic E-state index is 14.8. The molecule has 0 bridgehead atoms. The Labute approximate surface area is 206 Å². The minimum atomic E-state index is -0.757. The van der Waals surface area contributed by atoms with Crippen molar-refractivity contribution in [2.45, 2.75) is 25.5 Å². The first-order valence-electron chi connectivity index (χ1n) is 11.7. The van der Waals surface area contributed by atoms with Gasteiger partial charge in [-0.2, -0.15) is 9.61 Å². The maximum Gasteiger partial charge on any atom is 0.229 e. The van der Waals surface area contributed by atoms with Crippen LogP contribution in [0.2, 0.25) is 0 Å². The van der Waals surface area contributed by atoms with Crippen LogP contribution in [0.25, 0.3) is 16.8 Å². The summed E-state index contributed by atoms with van der Waals surface area (Å²) >= 11 is 0. The highest BCUT2D eigenvalue weighted by atomic mass is 19.1. The molecule has 188 valence electrons. The number of nitrogens with zero attached hydrogens (tertiary/aromatic N) is 5. The number of fused-ring (bicyclic) bond motifs is 1. The highest BCUT2D eigenvalue weighted by Gasteiger charge is 2.32. The van der Waals surface area contributed by atoms with Crippen molar-refractivity contribution in [3.8, 4) is 11.3 Å². The van der Waals surface area contributed by atoms with E-state index in [0.717, 1.165) is 5.69 Å². The highest BCUT2D eigenvalue weighted by molar-refractivity contribution is 5.74. The van der Waals surface area contributed by atoms with Crippen molar-refractivity contribution in [3.05, 3.63) is 66.1 Å². The number of nitrogens with one attached hydrogen (secondary N) is 1. The van der Waals surface area contributed by atoms with Gasteiger partial charge in [0.15, 0.2) is 0 Å². The second-order valence-electron chi connectivity index (χ2n) is 9.10. The largest absolute Gasteiger partial charge is 0.396 e. The summed E-state index contributed by atoms with van der Waals surface area (Å²) in [6.07, 6.45) is 4.51. The van der Waals surface area contributed by atoms with Gasteiger partial charge in [-0.3, -0.25) is 4.98 Å². The van der Waals surface area contributed by atoms with Gasteiger partial charge >= 0.3 is 0 Å². The molecule has 1 saturated heterocycles. The van der Waals surface area contributed by atoms with Gasteiger partial charge in [-0.1, -0.05) is 6.92 Å². The van der Waals surface area contributed by atoms with Gasteiger partial charge in [-0.25, -0.2) is 13.8 Å². The summed E-state index contributed by atoms with van der Waals surface area (Å²) in [6.45, 7) is 2.84. The van der Waals surface area contributed by atoms with Gasteiger partial charge in [0.1, 0.15) is 11.6 Å². The lowest BCUT2D eigenvalue weighted by molar-refractivity contribution is 0.0785. The summed E-state index contributed by atoms with van der Waals surface area (Å²) in [5.41, 5.74) is 8.48. The molecule has 9 nitrogen and oxygen atoms in total. The van der Waals surface area contributed by atoms with Crippen molar-refractivity contribution >= 4 is 22.8 Å². The average Bonchev–Trinajstić information content (AvgIpc) is 3.24. The molecule has 0 radical (unpaired) electrons. The van der Waals surface area contributed by atoms with Gasteiger partial charge < -0.3 is 26.2 Å². The van der Waals surface area contributed by atoms with E-state index in [4.69, 9.17) is 10.8 Å². The Balaban J connectivity index is 1.49. The van der Waals surface area contributed by atoms with Gasteiger partial charge in [0, 0.05) is 37.9 Å². The van der Waals surface area contributed by atoms with E-state index in [1.807, 2.05) is 13.0 Å². The predicted octanol–water partition coefficient (Wildman–Crippen LogP) is 2.49. The number of aromatic nitrogens is 4. The smallest absolute Gasteiger partial charge is 0.229 e. The van der Waals surface area contributed by atoms with Gasteiger partial charge in [-0.05, 0) is 42.3 Å². The van der Waals surface area contributed by atoms with Crippen molar-refractivity contribution in [1.29, 1.82) is 0 Å². The molecule has 0 saturated carbocycles. The number of pyridine rings is 1. The van der Waals surface area contributed by atoms with Gasteiger partial charge in [0.25, 0.3) is 0 Å². The number of benzene rings is 1. The molecular formula is C25H27F2N7O2. The third-order valence-electron chi connectivity index (χ3n) is 6.49. The summed E-state index contributed by atoms with van der Waals surface area (Å²) in [5, 5.41) is 27.0. The predicted molar refractivity (Wildman–Crippen MR) is 132 cm³/mol. The van der Waals surface area contributed by atoms with Gasteiger partial charge in [0.05, 0.1) is 46.6 Å². The molecule has 36 heavy (non-hydrogen) atoms. The Kier molecular flexibility index (Phi) is 6.52. The number of nitrogens with two attached hydrogens (primary N) is 1. The molecule has 0 aliphatic carbocycles. The maximum atomic E-state index is 14.8. The Hall–Kier alpha value is -3.67. The van der Waals surface area contributed by atoms with Crippen LogP contribution < -0.4 is 16.0 Å². The van der Waals surface area contributed by atoms with E-state index in [0.29, 0.717) is 35.8 Å². The lowest BCUT2D eigenvalue weighted by Crippen LogP contribution is -2.55. The standard InChI is InChI=1S/C25H27F2N7O2/c1-14-12-33(13-19(28)24(14)36)22-4-6-29-11-21(22)31-25-30-10-16-2-3-20(32-34(16)25)23-17(26)8-15(5-7-35)9-18(23)27/h2-4,6,8-11,14,19,24,35-36H,5,7,12-13,28H2,1H3,(H,30,31). The van der Waals surface area contributed by atoms with Crippen LogP contribution in [-0.4, -0.2) is 61.6 Å². The third kappa shape index (κ3) is 4.48. The number of hydrogen-bond acceptors (Lipinski definition) is 8. The average molecular weight is 496 g/mol. The van der Waals surface area contributed by atoms with Crippen LogP contribution in [0.15, 0.2) is 48.9 Å². The molecule has 3 aromatic heterocycles. The van der Waals surface area contributed by atoms with Crippen LogP contribution in [0.3, 0.4) is 0 Å². The molecule has 3 unspecified atom stereocenters. The molecule has 1 fully saturated rings. The second kappa shape index (κ2) is 9.76. The topological polar surface area (TPSA) is 125 Å². The lowest BCUT2D eigenvalue weighted by Gasteiger charge is -2.40.